The predicted molar refractivity (Wildman–Crippen MR) is 94.7 cm³/mol. The third kappa shape index (κ3) is 3.00. The van der Waals surface area contributed by atoms with Gasteiger partial charge in [0.25, 0.3) is 5.91 Å². The second-order valence-corrected chi connectivity index (χ2v) is 7.05. The molecule has 2 amide bonds. The molecule has 0 saturated carbocycles. The number of ether oxygens (including phenoxy) is 1. The quantitative estimate of drug-likeness (QED) is 0.855. The fraction of sp³-hybridized carbons (Fsp3) is 0.529. The highest BCUT2D eigenvalue weighted by Gasteiger charge is 2.28. The normalized spacial score (nSPS) is 15.3. The van der Waals surface area contributed by atoms with Gasteiger partial charge in [-0.3, -0.25) is 4.79 Å². The lowest BCUT2D eigenvalue weighted by atomic mass is 10.2. The zero-order valence-corrected chi connectivity index (χ0v) is 15.1. The average Bonchev–Trinajstić information content (AvgIpc) is 3.14. The number of carbonyl (C=O) groups excluding carboxylic acids is 2. The van der Waals surface area contributed by atoms with Crippen molar-refractivity contribution in [3.63, 3.8) is 0 Å². The van der Waals surface area contributed by atoms with E-state index in [-0.39, 0.29) is 18.0 Å². The number of carbonyl (C=O) groups is 2. The number of thiophene rings is 1. The molecule has 1 fully saturated rings. The van der Waals surface area contributed by atoms with Crippen LogP contribution in [0.1, 0.15) is 37.3 Å². The molecule has 0 atom stereocenters. The van der Waals surface area contributed by atoms with Crippen molar-refractivity contribution in [2.24, 2.45) is 0 Å². The van der Waals surface area contributed by atoms with E-state index in [0.29, 0.717) is 32.8 Å². The summed E-state index contributed by atoms with van der Waals surface area (Å²) in [6.45, 7) is 8.45. The Morgan fingerprint density at radius 2 is 1.88 bits per heavy atom. The summed E-state index contributed by atoms with van der Waals surface area (Å²) in [7, 11) is 0. The van der Waals surface area contributed by atoms with Gasteiger partial charge in [-0.25, -0.2) is 4.79 Å². The first-order chi connectivity index (χ1) is 11.5. The van der Waals surface area contributed by atoms with Crippen LogP contribution in [0.2, 0.25) is 0 Å². The van der Waals surface area contributed by atoms with Gasteiger partial charge in [0.05, 0.1) is 6.61 Å². The van der Waals surface area contributed by atoms with Crippen LogP contribution in [0.25, 0.3) is 10.2 Å². The van der Waals surface area contributed by atoms with E-state index < -0.39 is 0 Å². The summed E-state index contributed by atoms with van der Waals surface area (Å²) in [4.78, 5) is 29.4. The molecule has 1 aliphatic heterocycles. The van der Waals surface area contributed by atoms with Crippen molar-refractivity contribution in [2.45, 2.75) is 26.8 Å². The monoisotopic (exact) mass is 349 g/mol. The molecule has 0 aromatic carbocycles. The topological polar surface area (TPSA) is 54.8 Å². The standard InChI is InChI=1S/C17H23N3O3S/c1-4-23-17(22)19-8-6-18(7-9-19)15(21)14-11-13-5-10-24-16(13)20(14)12(2)3/h5,10-12H,4,6-9H2,1-3H3. The van der Waals surface area contributed by atoms with E-state index in [1.807, 2.05) is 17.0 Å². The molecule has 3 heterocycles. The number of nitrogens with zero attached hydrogens (tertiary/aromatic N) is 3. The van der Waals surface area contributed by atoms with Gasteiger partial charge in [-0.1, -0.05) is 0 Å². The molecule has 0 aliphatic carbocycles. The highest BCUT2D eigenvalue weighted by Crippen LogP contribution is 2.29. The molecule has 0 unspecified atom stereocenters. The molecule has 6 nitrogen and oxygen atoms in total. The van der Waals surface area contributed by atoms with Gasteiger partial charge >= 0.3 is 6.09 Å². The highest BCUT2D eigenvalue weighted by atomic mass is 32.1. The Hall–Kier alpha value is -2.02. The number of amides is 2. The summed E-state index contributed by atoms with van der Waals surface area (Å²) in [6.07, 6.45) is -0.296. The smallest absolute Gasteiger partial charge is 0.409 e. The van der Waals surface area contributed by atoms with E-state index in [2.05, 4.69) is 23.8 Å². The molecular formula is C17H23N3O3S. The number of piperazine rings is 1. The van der Waals surface area contributed by atoms with Crippen LogP contribution < -0.4 is 0 Å². The minimum Gasteiger partial charge on any atom is -0.450 e. The Morgan fingerprint density at radius 1 is 1.21 bits per heavy atom. The Bertz CT molecular complexity index is 741. The van der Waals surface area contributed by atoms with E-state index in [1.165, 1.54) is 0 Å². The minimum atomic E-state index is -0.296. The van der Waals surface area contributed by atoms with Crippen molar-refractivity contribution >= 4 is 33.6 Å². The van der Waals surface area contributed by atoms with Crippen LogP contribution in [0.5, 0.6) is 0 Å². The van der Waals surface area contributed by atoms with Gasteiger partial charge in [0, 0.05) is 37.6 Å². The molecule has 24 heavy (non-hydrogen) atoms. The summed E-state index contributed by atoms with van der Waals surface area (Å²) in [5, 5.41) is 3.16. The fourth-order valence-electron chi connectivity index (χ4n) is 3.09. The summed E-state index contributed by atoms with van der Waals surface area (Å²) >= 11 is 1.66. The van der Waals surface area contributed by atoms with Crippen molar-refractivity contribution in [1.82, 2.24) is 14.4 Å². The molecule has 0 bridgehead atoms. The van der Waals surface area contributed by atoms with Crippen LogP contribution in [-0.2, 0) is 4.74 Å². The van der Waals surface area contributed by atoms with Crippen LogP contribution in [0.3, 0.4) is 0 Å². The number of rotatable bonds is 3. The van der Waals surface area contributed by atoms with E-state index in [9.17, 15) is 9.59 Å². The maximum Gasteiger partial charge on any atom is 0.409 e. The zero-order valence-electron chi connectivity index (χ0n) is 14.3. The second-order valence-electron chi connectivity index (χ2n) is 6.15. The summed E-state index contributed by atoms with van der Waals surface area (Å²) < 4.78 is 7.13. The molecule has 1 saturated heterocycles. The first kappa shape index (κ1) is 16.8. The number of fused-ring (bicyclic) bond motifs is 1. The first-order valence-electron chi connectivity index (χ1n) is 8.32. The largest absolute Gasteiger partial charge is 0.450 e. The van der Waals surface area contributed by atoms with E-state index >= 15 is 0 Å². The molecule has 0 radical (unpaired) electrons. The predicted octanol–water partition coefficient (Wildman–Crippen LogP) is 3.20. The van der Waals surface area contributed by atoms with Gasteiger partial charge in [0.2, 0.25) is 0 Å². The summed E-state index contributed by atoms with van der Waals surface area (Å²) in [5.74, 6) is 0.0376. The SMILES string of the molecule is CCOC(=O)N1CCN(C(=O)c2cc3ccsc3n2C(C)C)CC1. The van der Waals surface area contributed by atoms with E-state index in [1.54, 1.807) is 23.2 Å². The molecule has 7 heteroatoms. The van der Waals surface area contributed by atoms with Crippen LogP contribution in [-0.4, -0.2) is 59.2 Å². The Kier molecular flexibility index (Phi) is 4.80. The zero-order chi connectivity index (χ0) is 17.3. The molecule has 0 N–H and O–H groups in total. The van der Waals surface area contributed by atoms with Gasteiger partial charge < -0.3 is 19.1 Å². The molecule has 0 spiro atoms. The molecule has 2 aromatic rings. The van der Waals surface area contributed by atoms with Crippen LogP contribution in [0.15, 0.2) is 17.5 Å². The van der Waals surface area contributed by atoms with Crippen LogP contribution in [0, 0.1) is 0 Å². The van der Waals surface area contributed by atoms with Crippen molar-refractivity contribution in [3.05, 3.63) is 23.2 Å². The van der Waals surface area contributed by atoms with Gasteiger partial charge in [-0.15, -0.1) is 11.3 Å². The van der Waals surface area contributed by atoms with Crippen LogP contribution >= 0.6 is 11.3 Å². The first-order valence-corrected chi connectivity index (χ1v) is 9.20. The lowest BCUT2D eigenvalue weighted by Crippen LogP contribution is -2.51. The van der Waals surface area contributed by atoms with E-state index in [0.717, 1.165) is 15.9 Å². The summed E-state index contributed by atoms with van der Waals surface area (Å²) in [6, 6.07) is 4.25. The number of hydrogen-bond donors (Lipinski definition) is 0. The Balaban J connectivity index is 1.75. The third-order valence-corrected chi connectivity index (χ3v) is 5.20. The van der Waals surface area contributed by atoms with Gasteiger partial charge in [-0.05, 0) is 38.3 Å². The minimum absolute atomic E-state index is 0.0376. The second kappa shape index (κ2) is 6.84. The Labute approximate surface area is 145 Å². The van der Waals surface area contributed by atoms with Crippen LogP contribution in [0.4, 0.5) is 4.79 Å². The fourth-order valence-corrected chi connectivity index (χ4v) is 4.12. The molecular weight excluding hydrogens is 326 g/mol. The summed E-state index contributed by atoms with van der Waals surface area (Å²) in [5.41, 5.74) is 0.733. The van der Waals surface area contributed by atoms with Crippen molar-refractivity contribution < 1.29 is 14.3 Å². The van der Waals surface area contributed by atoms with E-state index in [4.69, 9.17) is 4.74 Å². The third-order valence-electron chi connectivity index (χ3n) is 4.27. The molecule has 130 valence electrons. The molecule has 1 aliphatic rings. The maximum absolute atomic E-state index is 13.0. The number of hydrogen-bond acceptors (Lipinski definition) is 4. The Morgan fingerprint density at radius 3 is 2.50 bits per heavy atom. The van der Waals surface area contributed by atoms with Crippen molar-refractivity contribution in [1.29, 1.82) is 0 Å². The lowest BCUT2D eigenvalue weighted by Gasteiger charge is -2.34. The van der Waals surface area contributed by atoms with Gasteiger partial charge in [-0.2, -0.15) is 0 Å². The van der Waals surface area contributed by atoms with Crippen molar-refractivity contribution in [2.75, 3.05) is 32.8 Å². The highest BCUT2D eigenvalue weighted by molar-refractivity contribution is 7.16. The maximum atomic E-state index is 13.0. The number of aromatic nitrogens is 1. The molecule has 2 aromatic heterocycles. The van der Waals surface area contributed by atoms with Gasteiger partial charge in [0.1, 0.15) is 10.5 Å². The van der Waals surface area contributed by atoms with Crippen molar-refractivity contribution in [3.8, 4) is 0 Å². The lowest BCUT2D eigenvalue weighted by molar-refractivity contribution is 0.0561. The van der Waals surface area contributed by atoms with Gasteiger partial charge in [0.15, 0.2) is 0 Å². The molecule has 3 rings (SSSR count). The average molecular weight is 349 g/mol.